The number of hydrogen-bond acceptors (Lipinski definition) is 5. The van der Waals surface area contributed by atoms with Gasteiger partial charge in [0.15, 0.2) is 5.78 Å². The number of rotatable bonds is 4. The number of allylic oxidation sites excluding steroid dienone is 1. The van der Waals surface area contributed by atoms with Crippen LogP contribution in [0.2, 0.25) is 0 Å². The van der Waals surface area contributed by atoms with Crippen LogP contribution in [0.1, 0.15) is 20.9 Å². The molecule has 1 heterocycles. The molecule has 1 aromatic heterocycles. The number of carbonyl (C=O) groups excluding carboxylic acids is 1. The molecule has 120 valence electrons. The van der Waals surface area contributed by atoms with E-state index in [0.717, 1.165) is 16.1 Å². The summed E-state index contributed by atoms with van der Waals surface area (Å²) >= 11 is 1.33. The van der Waals surface area contributed by atoms with Gasteiger partial charge in [-0.1, -0.05) is 18.2 Å². The van der Waals surface area contributed by atoms with E-state index in [0.29, 0.717) is 10.6 Å². The second kappa shape index (κ2) is 6.68. The molecule has 4 nitrogen and oxygen atoms in total. The van der Waals surface area contributed by atoms with E-state index in [2.05, 4.69) is 4.98 Å². The van der Waals surface area contributed by atoms with Crippen molar-refractivity contribution in [2.24, 2.45) is 0 Å². The smallest absolute Gasteiger partial charge is 0.197 e. The first-order valence-electron chi connectivity index (χ1n) is 7.31. The van der Waals surface area contributed by atoms with Gasteiger partial charge in [0.25, 0.3) is 0 Å². The van der Waals surface area contributed by atoms with Gasteiger partial charge in [-0.25, -0.2) is 4.98 Å². The van der Waals surface area contributed by atoms with Crippen LogP contribution in [0.3, 0.4) is 0 Å². The number of hydrogen-bond donors (Lipinski definition) is 2. The Morgan fingerprint density at radius 1 is 1.00 bits per heavy atom. The predicted octanol–water partition coefficient (Wildman–Crippen LogP) is 4.43. The summed E-state index contributed by atoms with van der Waals surface area (Å²) in [5.41, 5.74) is 2.38. The summed E-state index contributed by atoms with van der Waals surface area (Å²) < 4.78 is 0. The monoisotopic (exact) mass is 337 g/mol. The van der Waals surface area contributed by atoms with Gasteiger partial charge in [0.05, 0.1) is 10.6 Å². The van der Waals surface area contributed by atoms with Crippen LogP contribution in [-0.4, -0.2) is 21.0 Å². The molecule has 0 aliphatic heterocycles. The molecule has 2 N–H and O–H groups in total. The van der Waals surface area contributed by atoms with Crippen LogP contribution in [0, 0.1) is 6.92 Å². The Hall–Kier alpha value is -2.92. The molecule has 0 saturated heterocycles. The number of phenols is 2. The second-order valence-electron chi connectivity index (χ2n) is 5.27. The fraction of sp³-hybridized carbons (Fsp3) is 0.0526. The quantitative estimate of drug-likeness (QED) is 0.546. The van der Waals surface area contributed by atoms with Crippen LogP contribution < -0.4 is 0 Å². The molecule has 0 aliphatic rings. The molecule has 24 heavy (non-hydrogen) atoms. The number of phenolic OH excluding ortho intramolecular Hbond substituents is 2. The lowest BCUT2D eigenvalue weighted by atomic mass is 10.1. The number of ketones is 1. The number of aromatic hydroxyl groups is 2. The third-order valence-corrected chi connectivity index (χ3v) is 4.68. The minimum Gasteiger partial charge on any atom is -0.508 e. The second-order valence-corrected chi connectivity index (χ2v) is 6.27. The zero-order chi connectivity index (χ0) is 17.1. The molecule has 2 aromatic carbocycles. The molecule has 0 aliphatic carbocycles. The van der Waals surface area contributed by atoms with E-state index in [1.807, 2.05) is 6.92 Å². The highest BCUT2D eigenvalue weighted by molar-refractivity contribution is 7.17. The van der Waals surface area contributed by atoms with Crippen molar-refractivity contribution in [3.8, 4) is 22.1 Å². The van der Waals surface area contributed by atoms with E-state index < -0.39 is 0 Å². The summed E-state index contributed by atoms with van der Waals surface area (Å²) in [6, 6.07) is 13.4. The molecule has 0 fully saturated rings. The van der Waals surface area contributed by atoms with Crippen LogP contribution in [0.15, 0.2) is 54.6 Å². The zero-order valence-corrected chi connectivity index (χ0v) is 13.7. The fourth-order valence-electron chi connectivity index (χ4n) is 2.19. The Kier molecular flexibility index (Phi) is 4.44. The molecule has 3 aromatic rings. The van der Waals surface area contributed by atoms with Crippen molar-refractivity contribution in [1.29, 1.82) is 0 Å². The van der Waals surface area contributed by atoms with Gasteiger partial charge in [-0.3, -0.25) is 4.79 Å². The van der Waals surface area contributed by atoms with E-state index in [4.69, 9.17) is 0 Å². The number of aryl methyl sites for hydroxylation is 1. The minimum absolute atomic E-state index is 0.108. The van der Waals surface area contributed by atoms with Crippen LogP contribution in [0.25, 0.3) is 16.6 Å². The van der Waals surface area contributed by atoms with Gasteiger partial charge in [0, 0.05) is 5.56 Å². The lowest BCUT2D eigenvalue weighted by Crippen LogP contribution is -1.93. The standard InChI is InChI=1S/C19H15NO3S/c1-12-18(17(23)11-4-13-2-7-15(21)8-3-13)24-19(20-12)14-5-9-16(22)10-6-14/h2-11,21-22H,1H3/b11-4+. The maximum absolute atomic E-state index is 12.4. The first kappa shape index (κ1) is 16.0. The van der Waals surface area contributed by atoms with Crippen molar-refractivity contribution in [1.82, 2.24) is 4.98 Å². The van der Waals surface area contributed by atoms with Gasteiger partial charge in [-0.2, -0.15) is 0 Å². The summed E-state index contributed by atoms with van der Waals surface area (Å²) in [7, 11) is 0. The molecule has 3 rings (SSSR count). The third-order valence-electron chi connectivity index (χ3n) is 3.45. The van der Waals surface area contributed by atoms with Gasteiger partial charge in [0.2, 0.25) is 0 Å². The first-order valence-corrected chi connectivity index (χ1v) is 8.13. The summed E-state index contributed by atoms with van der Waals surface area (Å²) in [6.45, 7) is 1.81. The maximum atomic E-state index is 12.4. The van der Waals surface area contributed by atoms with E-state index in [1.54, 1.807) is 54.6 Å². The molecular weight excluding hydrogens is 322 g/mol. The first-order chi connectivity index (χ1) is 11.5. The highest BCUT2D eigenvalue weighted by Gasteiger charge is 2.14. The molecule has 0 radical (unpaired) electrons. The molecule has 0 unspecified atom stereocenters. The SMILES string of the molecule is Cc1nc(-c2ccc(O)cc2)sc1C(=O)/C=C/c1ccc(O)cc1. The van der Waals surface area contributed by atoms with Crippen molar-refractivity contribution in [3.05, 3.63) is 70.7 Å². The number of nitrogens with zero attached hydrogens (tertiary/aromatic N) is 1. The van der Waals surface area contributed by atoms with Gasteiger partial charge >= 0.3 is 0 Å². The largest absolute Gasteiger partial charge is 0.508 e. The summed E-state index contributed by atoms with van der Waals surface area (Å²) in [5.74, 6) is 0.276. The average Bonchev–Trinajstić information content (AvgIpc) is 2.96. The maximum Gasteiger partial charge on any atom is 0.197 e. The van der Waals surface area contributed by atoms with Crippen molar-refractivity contribution >= 4 is 23.2 Å². The van der Waals surface area contributed by atoms with Gasteiger partial charge in [0.1, 0.15) is 16.5 Å². The van der Waals surface area contributed by atoms with Crippen LogP contribution >= 0.6 is 11.3 Å². The Morgan fingerprint density at radius 3 is 2.21 bits per heavy atom. The number of carbonyl (C=O) groups is 1. The lowest BCUT2D eigenvalue weighted by molar-refractivity contribution is 0.105. The van der Waals surface area contributed by atoms with Crippen molar-refractivity contribution < 1.29 is 15.0 Å². The molecule has 0 amide bonds. The Bertz CT molecular complexity index is 893. The van der Waals surface area contributed by atoms with Crippen LogP contribution in [0.5, 0.6) is 11.5 Å². The molecule has 0 spiro atoms. The Balaban J connectivity index is 1.82. The van der Waals surface area contributed by atoms with Crippen LogP contribution in [0.4, 0.5) is 0 Å². The highest BCUT2D eigenvalue weighted by atomic mass is 32.1. The predicted molar refractivity (Wildman–Crippen MR) is 95.4 cm³/mol. The summed E-state index contributed by atoms with van der Waals surface area (Å²) in [5, 5.41) is 19.4. The normalized spacial score (nSPS) is 11.0. The van der Waals surface area contributed by atoms with Gasteiger partial charge < -0.3 is 10.2 Å². The van der Waals surface area contributed by atoms with E-state index in [-0.39, 0.29) is 17.3 Å². The van der Waals surface area contributed by atoms with E-state index in [9.17, 15) is 15.0 Å². The van der Waals surface area contributed by atoms with Crippen molar-refractivity contribution in [2.75, 3.05) is 0 Å². The van der Waals surface area contributed by atoms with E-state index >= 15 is 0 Å². The zero-order valence-electron chi connectivity index (χ0n) is 12.9. The number of benzene rings is 2. The molecule has 0 saturated carbocycles. The van der Waals surface area contributed by atoms with E-state index in [1.165, 1.54) is 17.4 Å². The summed E-state index contributed by atoms with van der Waals surface area (Å²) in [4.78, 5) is 17.4. The van der Waals surface area contributed by atoms with Crippen molar-refractivity contribution in [2.45, 2.75) is 6.92 Å². The molecular formula is C19H15NO3S. The average molecular weight is 337 g/mol. The fourth-order valence-corrected chi connectivity index (χ4v) is 3.18. The minimum atomic E-state index is -0.108. The van der Waals surface area contributed by atoms with Gasteiger partial charge in [-0.05, 0) is 55.0 Å². The molecule has 0 bridgehead atoms. The molecule has 0 atom stereocenters. The van der Waals surface area contributed by atoms with Crippen molar-refractivity contribution in [3.63, 3.8) is 0 Å². The van der Waals surface area contributed by atoms with Crippen LogP contribution in [-0.2, 0) is 0 Å². The lowest BCUT2D eigenvalue weighted by Gasteiger charge is -1.95. The third kappa shape index (κ3) is 3.52. The summed E-state index contributed by atoms with van der Waals surface area (Å²) in [6.07, 6.45) is 3.22. The molecule has 5 heteroatoms. The Labute approximate surface area is 143 Å². The topological polar surface area (TPSA) is 70.4 Å². The van der Waals surface area contributed by atoms with Gasteiger partial charge in [-0.15, -0.1) is 11.3 Å². The number of thiazole rings is 1. The highest BCUT2D eigenvalue weighted by Crippen LogP contribution is 2.29. The number of aromatic nitrogens is 1. The Morgan fingerprint density at radius 2 is 1.58 bits per heavy atom.